The van der Waals surface area contributed by atoms with Gasteiger partial charge in [-0.25, -0.2) is 0 Å². The summed E-state index contributed by atoms with van der Waals surface area (Å²) in [6.45, 7) is 2.28. The molecule has 0 spiro atoms. The number of carbonyl (C=O) groups excluding carboxylic acids is 1. The Kier molecular flexibility index (Phi) is 12.9. The molecule has 0 atom stereocenters. The Hall–Kier alpha value is -1.21. The average molecular weight is 354 g/mol. The van der Waals surface area contributed by atoms with Crippen LogP contribution in [0.1, 0.15) is 5.56 Å². The zero-order valence-electron chi connectivity index (χ0n) is 13.1. The van der Waals surface area contributed by atoms with Crippen molar-refractivity contribution in [3.05, 3.63) is 23.8 Å². The molecule has 6 nitrogen and oxygen atoms in total. The summed E-state index contributed by atoms with van der Waals surface area (Å²) in [4.78, 5) is 13.0. The van der Waals surface area contributed by atoms with Crippen LogP contribution in [0.15, 0.2) is 18.2 Å². The van der Waals surface area contributed by atoms with Gasteiger partial charge in [0.25, 0.3) is 5.91 Å². The molecule has 1 aromatic carbocycles. The molecule has 1 amide bonds. The first-order valence-corrected chi connectivity index (χ1v) is 6.47. The topological polar surface area (TPSA) is 76.8 Å². The van der Waals surface area contributed by atoms with Crippen LogP contribution in [0.2, 0.25) is 0 Å². The van der Waals surface area contributed by atoms with Crippen LogP contribution in [0.3, 0.4) is 0 Å². The molecule has 0 aliphatic carbocycles. The van der Waals surface area contributed by atoms with Gasteiger partial charge in [-0.1, -0.05) is 12.1 Å². The van der Waals surface area contributed by atoms with Gasteiger partial charge in [0.15, 0.2) is 18.1 Å². The molecule has 128 valence electrons. The summed E-state index contributed by atoms with van der Waals surface area (Å²) >= 11 is 0. The molecule has 3 N–H and O–H groups in total. The minimum absolute atomic E-state index is 0. The van der Waals surface area contributed by atoms with Crippen LogP contribution < -0.4 is 20.5 Å². The van der Waals surface area contributed by atoms with Crippen LogP contribution in [0.25, 0.3) is 0 Å². The van der Waals surface area contributed by atoms with E-state index in [1.807, 2.05) is 26.2 Å². The van der Waals surface area contributed by atoms with Crippen molar-refractivity contribution in [1.82, 2.24) is 10.2 Å². The third-order valence-corrected chi connectivity index (χ3v) is 2.69. The summed E-state index contributed by atoms with van der Waals surface area (Å²) in [5, 5.41) is 3.32. The maximum atomic E-state index is 10.9. The van der Waals surface area contributed by atoms with E-state index in [2.05, 4.69) is 10.2 Å². The van der Waals surface area contributed by atoms with Crippen LogP contribution in [-0.4, -0.2) is 51.7 Å². The third kappa shape index (κ3) is 8.29. The number of benzene rings is 1. The van der Waals surface area contributed by atoms with E-state index >= 15 is 0 Å². The highest BCUT2D eigenvalue weighted by Crippen LogP contribution is 2.30. The fourth-order valence-electron chi connectivity index (χ4n) is 1.69. The van der Waals surface area contributed by atoms with Gasteiger partial charge in [-0.15, -0.1) is 24.8 Å². The Bertz CT molecular complexity index is 445. The summed E-state index contributed by atoms with van der Waals surface area (Å²) < 4.78 is 10.7. The number of carbonyl (C=O) groups is 1. The predicted octanol–water partition coefficient (Wildman–Crippen LogP) is 1.05. The molecule has 22 heavy (non-hydrogen) atoms. The number of rotatable bonds is 9. The van der Waals surface area contributed by atoms with E-state index < -0.39 is 5.91 Å². The highest BCUT2D eigenvalue weighted by molar-refractivity contribution is 5.85. The highest BCUT2D eigenvalue weighted by atomic mass is 35.5. The molecule has 0 bridgehead atoms. The average Bonchev–Trinajstić information content (AvgIpc) is 2.41. The number of ether oxygens (including phenoxy) is 2. The van der Waals surface area contributed by atoms with E-state index in [-0.39, 0.29) is 31.4 Å². The molecule has 0 unspecified atom stereocenters. The first-order valence-electron chi connectivity index (χ1n) is 6.47. The fourth-order valence-corrected chi connectivity index (χ4v) is 1.69. The van der Waals surface area contributed by atoms with Crippen molar-refractivity contribution in [1.29, 1.82) is 0 Å². The van der Waals surface area contributed by atoms with Gasteiger partial charge < -0.3 is 25.4 Å². The van der Waals surface area contributed by atoms with Crippen molar-refractivity contribution in [2.75, 3.05) is 40.9 Å². The normalized spacial score (nSPS) is 9.64. The molecule has 0 fully saturated rings. The Morgan fingerprint density at radius 2 is 2.00 bits per heavy atom. The second-order valence-electron chi connectivity index (χ2n) is 4.68. The number of primary amides is 1. The maximum absolute atomic E-state index is 10.9. The van der Waals surface area contributed by atoms with Gasteiger partial charge in [0, 0.05) is 25.2 Å². The Morgan fingerprint density at radius 3 is 2.55 bits per heavy atom. The molecule has 0 aliphatic heterocycles. The van der Waals surface area contributed by atoms with Crippen molar-refractivity contribution >= 4 is 30.7 Å². The van der Waals surface area contributed by atoms with E-state index in [1.165, 1.54) is 0 Å². The summed E-state index contributed by atoms with van der Waals surface area (Å²) in [7, 11) is 5.61. The van der Waals surface area contributed by atoms with Crippen molar-refractivity contribution in [2.24, 2.45) is 5.73 Å². The largest absolute Gasteiger partial charge is 0.493 e. The molecule has 1 rings (SSSR count). The lowest BCUT2D eigenvalue weighted by atomic mass is 10.2. The second-order valence-corrected chi connectivity index (χ2v) is 4.68. The number of nitrogens with one attached hydrogen (secondary N) is 1. The van der Waals surface area contributed by atoms with Gasteiger partial charge in [-0.05, 0) is 20.2 Å². The van der Waals surface area contributed by atoms with Gasteiger partial charge >= 0.3 is 0 Å². The van der Waals surface area contributed by atoms with Gasteiger partial charge in [0.1, 0.15) is 0 Å². The van der Waals surface area contributed by atoms with Crippen LogP contribution in [0.4, 0.5) is 0 Å². The van der Waals surface area contributed by atoms with E-state index in [0.717, 1.165) is 18.7 Å². The van der Waals surface area contributed by atoms with Crippen LogP contribution >= 0.6 is 24.8 Å². The van der Waals surface area contributed by atoms with Crippen molar-refractivity contribution in [2.45, 2.75) is 6.54 Å². The Labute approximate surface area is 144 Å². The monoisotopic (exact) mass is 353 g/mol. The molecule has 0 radical (unpaired) electrons. The van der Waals surface area contributed by atoms with E-state index in [1.54, 1.807) is 13.2 Å². The van der Waals surface area contributed by atoms with E-state index in [0.29, 0.717) is 18.0 Å². The third-order valence-electron chi connectivity index (χ3n) is 2.69. The minimum atomic E-state index is -0.512. The quantitative estimate of drug-likeness (QED) is 0.649. The lowest BCUT2D eigenvalue weighted by Crippen LogP contribution is -2.26. The molecule has 0 saturated carbocycles. The van der Waals surface area contributed by atoms with Gasteiger partial charge in [0.2, 0.25) is 0 Å². The number of hydrogen-bond donors (Lipinski definition) is 2. The van der Waals surface area contributed by atoms with Gasteiger partial charge in [-0.2, -0.15) is 0 Å². The molecule has 0 saturated heterocycles. The Morgan fingerprint density at radius 1 is 1.32 bits per heavy atom. The number of hydrogen-bond acceptors (Lipinski definition) is 5. The van der Waals surface area contributed by atoms with Crippen LogP contribution in [-0.2, 0) is 11.3 Å². The van der Waals surface area contributed by atoms with E-state index in [4.69, 9.17) is 15.2 Å². The first-order chi connectivity index (χ1) is 9.54. The molecular formula is C14H25Cl2N3O3. The number of nitrogens with zero attached hydrogens (tertiary/aromatic N) is 1. The lowest BCUT2D eigenvalue weighted by Gasteiger charge is -2.15. The van der Waals surface area contributed by atoms with Gasteiger partial charge in [-0.3, -0.25) is 4.79 Å². The number of nitrogens with two attached hydrogens (primary N) is 1. The fraction of sp³-hybridized carbons (Fsp3) is 0.500. The standard InChI is InChI=1S/C14H23N3O3.2ClH/c1-17(2)8-7-16-9-11-5-4-6-12(19-3)14(11)20-10-13(15)18;;/h4-6,16H,7-10H2,1-3H3,(H2,15,18);2*1H. The predicted molar refractivity (Wildman–Crippen MR) is 92.4 cm³/mol. The van der Waals surface area contributed by atoms with Gasteiger partial charge in [0.05, 0.1) is 7.11 Å². The van der Waals surface area contributed by atoms with Crippen LogP contribution in [0, 0.1) is 0 Å². The summed E-state index contributed by atoms with van der Waals surface area (Å²) in [6.07, 6.45) is 0. The number of methoxy groups -OCH3 is 1. The van der Waals surface area contributed by atoms with Crippen molar-refractivity contribution in [3.8, 4) is 11.5 Å². The molecule has 0 aromatic heterocycles. The highest BCUT2D eigenvalue weighted by Gasteiger charge is 2.11. The maximum Gasteiger partial charge on any atom is 0.255 e. The Balaban J connectivity index is 0. The molecule has 0 aliphatic rings. The van der Waals surface area contributed by atoms with Crippen molar-refractivity contribution in [3.63, 3.8) is 0 Å². The number of para-hydroxylation sites is 1. The van der Waals surface area contributed by atoms with E-state index in [9.17, 15) is 4.79 Å². The van der Waals surface area contributed by atoms with Crippen LogP contribution in [0.5, 0.6) is 11.5 Å². The minimum Gasteiger partial charge on any atom is -0.493 e. The number of halogens is 2. The number of amides is 1. The first kappa shape index (κ1) is 23.1. The zero-order chi connectivity index (χ0) is 15.0. The van der Waals surface area contributed by atoms with Crippen molar-refractivity contribution < 1.29 is 14.3 Å². The summed E-state index contributed by atoms with van der Waals surface area (Å²) in [5.74, 6) is 0.645. The smallest absolute Gasteiger partial charge is 0.255 e. The molecule has 1 aromatic rings. The molecule has 0 heterocycles. The summed E-state index contributed by atoms with van der Waals surface area (Å²) in [5.41, 5.74) is 6.05. The summed E-state index contributed by atoms with van der Waals surface area (Å²) in [6, 6.07) is 5.61. The second kappa shape index (κ2) is 12.3. The number of likely N-dealkylation sites (N-methyl/N-ethyl adjacent to an activating group) is 1. The lowest BCUT2D eigenvalue weighted by molar-refractivity contribution is -0.119. The zero-order valence-corrected chi connectivity index (χ0v) is 14.8. The molecule has 8 heteroatoms. The SMILES string of the molecule is COc1cccc(CNCCN(C)C)c1OCC(N)=O.Cl.Cl. The molecular weight excluding hydrogens is 329 g/mol.